The third-order valence-corrected chi connectivity index (χ3v) is 3.92. The summed E-state index contributed by atoms with van der Waals surface area (Å²) in [5.41, 5.74) is 2.36. The second-order valence-corrected chi connectivity index (χ2v) is 6.18. The molecule has 1 atom stereocenters. The molecule has 0 amide bonds. The third kappa shape index (κ3) is 4.58. The topological polar surface area (TPSA) is 21.3 Å². The van der Waals surface area contributed by atoms with Crippen LogP contribution in [-0.2, 0) is 0 Å². The van der Waals surface area contributed by atoms with E-state index >= 15 is 0 Å². The van der Waals surface area contributed by atoms with Crippen LogP contribution in [0, 0.1) is 6.92 Å². The molecule has 112 valence electrons. The van der Waals surface area contributed by atoms with Crippen molar-refractivity contribution in [3.05, 3.63) is 58.1 Å². The first-order valence-electron chi connectivity index (χ1n) is 7.37. The molecular formula is C18H22BrNO. The Kier molecular flexibility index (Phi) is 5.83. The van der Waals surface area contributed by atoms with Gasteiger partial charge in [0.05, 0.1) is 0 Å². The molecular weight excluding hydrogens is 326 g/mol. The maximum atomic E-state index is 6.01. The van der Waals surface area contributed by atoms with Crippen molar-refractivity contribution in [2.24, 2.45) is 0 Å². The highest BCUT2D eigenvalue weighted by Crippen LogP contribution is 2.28. The highest BCUT2D eigenvalue weighted by molar-refractivity contribution is 9.10. The van der Waals surface area contributed by atoms with Crippen molar-refractivity contribution >= 4 is 15.9 Å². The van der Waals surface area contributed by atoms with E-state index < -0.39 is 0 Å². The van der Waals surface area contributed by atoms with E-state index in [1.54, 1.807) is 0 Å². The fourth-order valence-electron chi connectivity index (χ4n) is 2.18. The number of ether oxygens (including phenoxy) is 1. The summed E-state index contributed by atoms with van der Waals surface area (Å²) < 4.78 is 7.08. The minimum Gasteiger partial charge on any atom is -0.457 e. The van der Waals surface area contributed by atoms with Crippen molar-refractivity contribution in [1.82, 2.24) is 5.32 Å². The molecule has 3 heteroatoms. The quantitative estimate of drug-likeness (QED) is 0.733. The second-order valence-electron chi connectivity index (χ2n) is 5.26. The summed E-state index contributed by atoms with van der Waals surface area (Å²) in [4.78, 5) is 0. The van der Waals surface area contributed by atoms with Gasteiger partial charge in [-0.25, -0.2) is 0 Å². The molecule has 0 saturated carbocycles. The van der Waals surface area contributed by atoms with Gasteiger partial charge in [-0.05, 0) is 68.3 Å². The van der Waals surface area contributed by atoms with Crippen LogP contribution in [0.25, 0.3) is 0 Å². The van der Waals surface area contributed by atoms with Crippen molar-refractivity contribution in [3.8, 4) is 11.5 Å². The average Bonchev–Trinajstić information content (AvgIpc) is 2.48. The van der Waals surface area contributed by atoms with Gasteiger partial charge in [0, 0.05) is 10.5 Å². The Morgan fingerprint density at radius 3 is 2.71 bits per heavy atom. The number of hydrogen-bond donors (Lipinski definition) is 1. The lowest BCUT2D eigenvalue weighted by atomic mass is 10.1. The molecule has 1 N–H and O–H groups in total. The van der Waals surface area contributed by atoms with Crippen molar-refractivity contribution < 1.29 is 4.74 Å². The predicted octanol–water partition coefficient (Wildman–Crippen LogP) is 5.61. The maximum Gasteiger partial charge on any atom is 0.130 e. The summed E-state index contributed by atoms with van der Waals surface area (Å²) in [6.07, 6.45) is 1.14. The summed E-state index contributed by atoms with van der Waals surface area (Å²) in [5.74, 6) is 1.77. The van der Waals surface area contributed by atoms with E-state index in [9.17, 15) is 0 Å². The zero-order valence-electron chi connectivity index (χ0n) is 12.8. The summed E-state index contributed by atoms with van der Waals surface area (Å²) in [6, 6.07) is 14.7. The number of hydrogen-bond acceptors (Lipinski definition) is 2. The first-order valence-corrected chi connectivity index (χ1v) is 8.16. The maximum absolute atomic E-state index is 6.01. The Bertz CT molecular complexity index is 598. The lowest BCUT2D eigenvalue weighted by Crippen LogP contribution is -2.19. The molecule has 0 aliphatic rings. The zero-order valence-corrected chi connectivity index (χ0v) is 14.4. The van der Waals surface area contributed by atoms with Crippen molar-refractivity contribution in [1.29, 1.82) is 0 Å². The lowest BCUT2D eigenvalue weighted by Gasteiger charge is -2.15. The SMILES string of the molecule is CCCNC(C)c1cccc(Oc2ccc(Br)cc2C)c1. The summed E-state index contributed by atoms with van der Waals surface area (Å²) in [7, 11) is 0. The van der Waals surface area contributed by atoms with Crippen molar-refractivity contribution in [2.75, 3.05) is 6.54 Å². The monoisotopic (exact) mass is 347 g/mol. The summed E-state index contributed by atoms with van der Waals surface area (Å²) in [6.45, 7) is 7.43. The van der Waals surface area contributed by atoms with Crippen LogP contribution in [-0.4, -0.2) is 6.54 Å². The summed E-state index contributed by atoms with van der Waals surface area (Å²) >= 11 is 3.47. The van der Waals surface area contributed by atoms with E-state index in [-0.39, 0.29) is 0 Å². The van der Waals surface area contributed by atoms with Gasteiger partial charge in [0.1, 0.15) is 11.5 Å². The Morgan fingerprint density at radius 2 is 2.00 bits per heavy atom. The highest BCUT2D eigenvalue weighted by Gasteiger charge is 2.07. The Balaban J connectivity index is 2.13. The Hall–Kier alpha value is -1.32. The van der Waals surface area contributed by atoms with E-state index in [1.165, 1.54) is 5.56 Å². The predicted molar refractivity (Wildman–Crippen MR) is 92.1 cm³/mol. The second kappa shape index (κ2) is 7.62. The number of aryl methyl sites for hydroxylation is 1. The van der Waals surface area contributed by atoms with Gasteiger partial charge in [-0.3, -0.25) is 0 Å². The van der Waals surface area contributed by atoms with Crippen LogP contribution in [0.5, 0.6) is 11.5 Å². The number of benzene rings is 2. The first-order chi connectivity index (χ1) is 10.1. The van der Waals surface area contributed by atoms with Gasteiger partial charge in [0.15, 0.2) is 0 Å². The van der Waals surface area contributed by atoms with Gasteiger partial charge < -0.3 is 10.1 Å². The minimum atomic E-state index is 0.333. The number of nitrogens with one attached hydrogen (secondary N) is 1. The Morgan fingerprint density at radius 1 is 1.19 bits per heavy atom. The Labute approximate surface area is 135 Å². The summed E-state index contributed by atoms with van der Waals surface area (Å²) in [5, 5.41) is 3.50. The van der Waals surface area contributed by atoms with Gasteiger partial charge in [0.2, 0.25) is 0 Å². The normalized spacial score (nSPS) is 12.2. The molecule has 1 unspecified atom stereocenters. The zero-order chi connectivity index (χ0) is 15.2. The van der Waals surface area contributed by atoms with Gasteiger partial charge in [-0.15, -0.1) is 0 Å². The average molecular weight is 348 g/mol. The molecule has 2 rings (SSSR count). The molecule has 2 nitrogen and oxygen atoms in total. The number of rotatable bonds is 6. The van der Waals surface area contributed by atoms with Gasteiger partial charge in [-0.2, -0.15) is 0 Å². The largest absolute Gasteiger partial charge is 0.457 e. The van der Waals surface area contributed by atoms with Crippen LogP contribution < -0.4 is 10.1 Å². The van der Waals surface area contributed by atoms with Crippen molar-refractivity contribution in [2.45, 2.75) is 33.2 Å². The molecule has 2 aromatic carbocycles. The molecule has 0 heterocycles. The van der Waals surface area contributed by atoms with E-state index in [2.05, 4.69) is 60.2 Å². The minimum absolute atomic E-state index is 0.333. The fourth-order valence-corrected chi connectivity index (χ4v) is 2.66. The molecule has 0 aliphatic heterocycles. The molecule has 2 aromatic rings. The fraction of sp³-hybridized carbons (Fsp3) is 0.333. The molecule has 21 heavy (non-hydrogen) atoms. The van der Waals surface area contributed by atoms with Gasteiger partial charge in [-0.1, -0.05) is 35.0 Å². The van der Waals surface area contributed by atoms with Crippen LogP contribution in [0.4, 0.5) is 0 Å². The van der Waals surface area contributed by atoms with Crippen molar-refractivity contribution in [3.63, 3.8) is 0 Å². The molecule has 0 fully saturated rings. The van der Waals surface area contributed by atoms with E-state index in [0.29, 0.717) is 6.04 Å². The third-order valence-electron chi connectivity index (χ3n) is 3.42. The molecule has 0 aliphatic carbocycles. The van der Waals surface area contributed by atoms with Crippen LogP contribution >= 0.6 is 15.9 Å². The number of halogens is 1. The van der Waals surface area contributed by atoms with Crippen LogP contribution in [0.15, 0.2) is 46.9 Å². The van der Waals surface area contributed by atoms with E-state index in [0.717, 1.165) is 34.5 Å². The highest BCUT2D eigenvalue weighted by atomic mass is 79.9. The molecule has 0 radical (unpaired) electrons. The van der Waals surface area contributed by atoms with E-state index in [4.69, 9.17) is 4.74 Å². The standard InChI is InChI=1S/C18H22BrNO/c1-4-10-20-14(3)15-6-5-7-17(12-15)21-18-9-8-16(19)11-13(18)2/h5-9,11-12,14,20H,4,10H2,1-3H3. The molecule has 0 bridgehead atoms. The van der Waals surface area contributed by atoms with Gasteiger partial charge in [0.25, 0.3) is 0 Å². The molecule has 0 saturated heterocycles. The van der Waals surface area contributed by atoms with Gasteiger partial charge >= 0.3 is 0 Å². The van der Waals surface area contributed by atoms with E-state index in [1.807, 2.05) is 24.3 Å². The van der Waals surface area contributed by atoms with Crippen LogP contribution in [0.1, 0.15) is 37.4 Å². The molecule has 0 spiro atoms. The van der Waals surface area contributed by atoms with Crippen LogP contribution in [0.3, 0.4) is 0 Å². The van der Waals surface area contributed by atoms with Crippen LogP contribution in [0.2, 0.25) is 0 Å². The first kappa shape index (κ1) is 16.1. The smallest absolute Gasteiger partial charge is 0.130 e. The lowest BCUT2D eigenvalue weighted by molar-refractivity contribution is 0.476. The molecule has 0 aromatic heterocycles.